The second kappa shape index (κ2) is 5.92. The Kier molecular flexibility index (Phi) is 4.03. The van der Waals surface area contributed by atoms with Gasteiger partial charge >= 0.3 is 0 Å². The number of halogens is 1. The maximum absolute atomic E-state index is 13.0. The molecule has 0 aliphatic carbocycles. The molecule has 102 valence electrons. The number of nitrogens with one attached hydrogen (secondary N) is 1. The first-order valence-electron chi connectivity index (χ1n) is 6.70. The fraction of sp³-hybridized carbons (Fsp3) is 0.500. The number of fused-ring (bicyclic) bond motifs is 1. The fourth-order valence-electron chi connectivity index (χ4n) is 2.43. The van der Waals surface area contributed by atoms with Gasteiger partial charge in [-0.1, -0.05) is 30.0 Å². The molecule has 0 radical (unpaired) electrons. The van der Waals surface area contributed by atoms with Gasteiger partial charge in [-0.2, -0.15) is 0 Å². The van der Waals surface area contributed by atoms with Gasteiger partial charge in [0.15, 0.2) is 5.17 Å². The van der Waals surface area contributed by atoms with E-state index >= 15 is 0 Å². The van der Waals surface area contributed by atoms with E-state index in [4.69, 9.17) is 0 Å². The lowest BCUT2D eigenvalue weighted by Crippen LogP contribution is -2.25. The summed E-state index contributed by atoms with van der Waals surface area (Å²) in [6.45, 7) is 3.18. The van der Waals surface area contributed by atoms with Crippen LogP contribution in [0.4, 0.5) is 10.1 Å². The Hall–Kier alpha value is -1.07. The van der Waals surface area contributed by atoms with Crippen molar-refractivity contribution in [1.29, 1.82) is 0 Å². The standard InChI is InChI=1S/C14H18FN3S/c15-12-5-6-18(10-12)7-8-19-14-16-9-11-3-1-2-4-13(11)17-14/h1-4,12H,5-10H2,(H,16,17). The van der Waals surface area contributed by atoms with Crippen molar-refractivity contribution in [2.45, 2.75) is 19.1 Å². The van der Waals surface area contributed by atoms with Crippen molar-refractivity contribution in [3.63, 3.8) is 0 Å². The zero-order chi connectivity index (χ0) is 13.1. The molecule has 0 saturated carbocycles. The minimum absolute atomic E-state index is 0.600. The lowest BCUT2D eigenvalue weighted by molar-refractivity contribution is 0.299. The molecule has 0 amide bonds. The normalized spacial score (nSPS) is 22.8. The van der Waals surface area contributed by atoms with Crippen molar-refractivity contribution in [2.24, 2.45) is 4.99 Å². The predicted octanol–water partition coefficient (Wildman–Crippen LogP) is 2.75. The highest BCUT2D eigenvalue weighted by Gasteiger charge is 2.21. The molecule has 2 heterocycles. The van der Waals surface area contributed by atoms with Crippen LogP contribution < -0.4 is 5.32 Å². The topological polar surface area (TPSA) is 27.6 Å². The second-order valence-corrected chi connectivity index (χ2v) is 6.02. The van der Waals surface area contributed by atoms with Gasteiger partial charge in [0.2, 0.25) is 0 Å². The number of amidine groups is 1. The molecular formula is C14H18FN3S. The van der Waals surface area contributed by atoms with E-state index in [9.17, 15) is 4.39 Å². The van der Waals surface area contributed by atoms with Crippen LogP contribution in [0.3, 0.4) is 0 Å². The number of hydrogen-bond acceptors (Lipinski definition) is 4. The maximum atomic E-state index is 13.0. The van der Waals surface area contributed by atoms with E-state index in [1.165, 1.54) is 5.56 Å². The molecule has 1 atom stereocenters. The average Bonchev–Trinajstić information content (AvgIpc) is 2.84. The molecule has 1 saturated heterocycles. The van der Waals surface area contributed by atoms with Gasteiger partial charge in [-0.25, -0.2) is 4.39 Å². The van der Waals surface area contributed by atoms with Crippen LogP contribution in [0.1, 0.15) is 12.0 Å². The van der Waals surface area contributed by atoms with E-state index in [1.54, 1.807) is 11.8 Å². The third-order valence-electron chi connectivity index (χ3n) is 3.51. The number of para-hydroxylation sites is 1. The highest BCUT2D eigenvalue weighted by atomic mass is 32.2. The fourth-order valence-corrected chi connectivity index (χ4v) is 3.31. The van der Waals surface area contributed by atoms with E-state index in [2.05, 4.69) is 27.3 Å². The summed E-state index contributed by atoms with van der Waals surface area (Å²) in [6.07, 6.45) is 0.0686. The Morgan fingerprint density at radius 1 is 1.42 bits per heavy atom. The minimum Gasteiger partial charge on any atom is -0.335 e. The molecule has 0 aromatic heterocycles. The number of alkyl halides is 1. The van der Waals surface area contributed by atoms with Crippen molar-refractivity contribution >= 4 is 22.6 Å². The first-order chi connectivity index (χ1) is 9.31. The van der Waals surface area contributed by atoms with Crippen molar-refractivity contribution in [1.82, 2.24) is 4.90 Å². The van der Waals surface area contributed by atoms with Gasteiger partial charge in [0.05, 0.1) is 6.54 Å². The first kappa shape index (κ1) is 12.9. The number of thioether (sulfide) groups is 1. The first-order valence-corrected chi connectivity index (χ1v) is 7.68. The third kappa shape index (κ3) is 3.28. The number of rotatable bonds is 3. The lowest BCUT2D eigenvalue weighted by atomic mass is 10.1. The Labute approximate surface area is 117 Å². The van der Waals surface area contributed by atoms with Crippen LogP contribution in [-0.4, -0.2) is 41.6 Å². The zero-order valence-electron chi connectivity index (χ0n) is 10.8. The molecule has 0 bridgehead atoms. The summed E-state index contributed by atoms with van der Waals surface area (Å²) >= 11 is 1.72. The number of aliphatic imine (C=N–C) groups is 1. The molecule has 3 nitrogen and oxygen atoms in total. The Morgan fingerprint density at radius 3 is 3.16 bits per heavy atom. The average molecular weight is 279 g/mol. The molecule has 1 aromatic carbocycles. The van der Waals surface area contributed by atoms with Crippen molar-refractivity contribution in [3.8, 4) is 0 Å². The summed E-state index contributed by atoms with van der Waals surface area (Å²) in [7, 11) is 0. The summed E-state index contributed by atoms with van der Waals surface area (Å²) in [5.74, 6) is 0.959. The van der Waals surface area contributed by atoms with Crippen molar-refractivity contribution < 1.29 is 4.39 Å². The van der Waals surface area contributed by atoms with Crippen LogP contribution >= 0.6 is 11.8 Å². The van der Waals surface area contributed by atoms with Crippen LogP contribution in [0.15, 0.2) is 29.3 Å². The molecule has 0 spiro atoms. The monoisotopic (exact) mass is 279 g/mol. The second-order valence-electron chi connectivity index (χ2n) is 4.94. The Bertz CT molecular complexity index is 478. The highest BCUT2D eigenvalue weighted by Crippen LogP contribution is 2.23. The highest BCUT2D eigenvalue weighted by molar-refractivity contribution is 8.14. The maximum Gasteiger partial charge on any atom is 0.161 e. The Balaban J connectivity index is 1.46. The van der Waals surface area contributed by atoms with E-state index in [0.29, 0.717) is 13.0 Å². The number of anilines is 1. The van der Waals surface area contributed by atoms with Gasteiger partial charge in [0.1, 0.15) is 6.17 Å². The number of likely N-dealkylation sites (tertiary alicyclic amines) is 1. The van der Waals surface area contributed by atoms with E-state index in [1.807, 2.05) is 12.1 Å². The Morgan fingerprint density at radius 2 is 2.32 bits per heavy atom. The number of nitrogens with zero attached hydrogens (tertiary/aromatic N) is 2. The molecule has 1 fully saturated rings. The molecule has 1 aromatic rings. The summed E-state index contributed by atoms with van der Waals surface area (Å²) in [5.41, 5.74) is 2.40. The van der Waals surface area contributed by atoms with Gasteiger partial charge < -0.3 is 5.32 Å². The third-order valence-corrected chi connectivity index (χ3v) is 4.40. The van der Waals surface area contributed by atoms with E-state index < -0.39 is 6.17 Å². The molecule has 2 aliphatic rings. The molecule has 1 unspecified atom stereocenters. The van der Waals surface area contributed by atoms with Gasteiger partial charge in [-0.3, -0.25) is 9.89 Å². The van der Waals surface area contributed by atoms with Crippen LogP contribution in [0.5, 0.6) is 0 Å². The van der Waals surface area contributed by atoms with Gasteiger partial charge in [-0.15, -0.1) is 0 Å². The van der Waals surface area contributed by atoms with E-state index in [0.717, 1.165) is 36.2 Å². The van der Waals surface area contributed by atoms with Crippen LogP contribution in [-0.2, 0) is 6.54 Å². The van der Waals surface area contributed by atoms with Gasteiger partial charge in [0.25, 0.3) is 0 Å². The predicted molar refractivity (Wildman–Crippen MR) is 79.6 cm³/mol. The van der Waals surface area contributed by atoms with Crippen LogP contribution in [0.2, 0.25) is 0 Å². The quantitative estimate of drug-likeness (QED) is 0.922. The largest absolute Gasteiger partial charge is 0.335 e. The summed E-state index contributed by atoms with van der Waals surface area (Å²) in [6, 6.07) is 8.25. The molecule has 2 aliphatic heterocycles. The van der Waals surface area contributed by atoms with Crippen molar-refractivity contribution in [2.75, 3.05) is 30.7 Å². The number of benzene rings is 1. The molecule has 3 rings (SSSR count). The summed E-state index contributed by atoms with van der Waals surface area (Å²) in [5, 5.41) is 4.33. The smallest absolute Gasteiger partial charge is 0.161 e. The summed E-state index contributed by atoms with van der Waals surface area (Å²) in [4.78, 5) is 6.72. The van der Waals surface area contributed by atoms with Gasteiger partial charge in [-0.05, 0) is 18.1 Å². The summed E-state index contributed by atoms with van der Waals surface area (Å²) < 4.78 is 13.0. The number of hydrogen-bond donors (Lipinski definition) is 1. The lowest BCUT2D eigenvalue weighted by Gasteiger charge is -2.19. The minimum atomic E-state index is -0.623. The SMILES string of the molecule is FC1CCN(CCSC2=NCc3ccccc3N2)C1. The molecule has 5 heteroatoms. The van der Waals surface area contributed by atoms with E-state index in [-0.39, 0.29) is 0 Å². The molecule has 19 heavy (non-hydrogen) atoms. The van der Waals surface area contributed by atoms with Crippen molar-refractivity contribution in [3.05, 3.63) is 29.8 Å². The van der Waals surface area contributed by atoms with Crippen LogP contribution in [0, 0.1) is 0 Å². The van der Waals surface area contributed by atoms with Gasteiger partial charge in [0, 0.05) is 31.1 Å². The molecular weight excluding hydrogens is 261 g/mol. The van der Waals surface area contributed by atoms with Crippen LogP contribution in [0.25, 0.3) is 0 Å². The molecule has 1 N–H and O–H groups in total. The zero-order valence-corrected chi connectivity index (χ0v) is 11.6.